The van der Waals surface area contributed by atoms with Gasteiger partial charge >= 0.3 is 0 Å². The highest BCUT2D eigenvalue weighted by molar-refractivity contribution is 7.85. The largest absolute Gasteiger partial charge is 0.294 e. The first-order valence-corrected chi connectivity index (χ1v) is 6.48. The average Bonchev–Trinajstić information content (AvgIpc) is 2.30. The number of benzene rings is 2. The van der Waals surface area contributed by atoms with E-state index in [0.29, 0.717) is 0 Å². The lowest BCUT2D eigenvalue weighted by molar-refractivity contribution is 0.483. The molecule has 1 N–H and O–H groups in total. The molecule has 0 fully saturated rings. The number of rotatable bonds is 1. The number of hydrogen-bond acceptors (Lipinski definition) is 2. The van der Waals surface area contributed by atoms with Crippen LogP contribution in [0.3, 0.4) is 0 Å². The fraction of sp³-hybridized carbons (Fsp3) is 0.167. The third-order valence-electron chi connectivity index (χ3n) is 2.02. The summed E-state index contributed by atoms with van der Waals surface area (Å²) < 4.78 is 30.5. The summed E-state index contributed by atoms with van der Waals surface area (Å²) in [4.78, 5) is -0.0730. The Labute approximate surface area is 95.5 Å². The lowest BCUT2D eigenvalue weighted by Crippen LogP contribution is -1.97. The van der Waals surface area contributed by atoms with E-state index in [2.05, 4.69) is 0 Å². The summed E-state index contributed by atoms with van der Waals surface area (Å²) in [6, 6.07) is 11.9. The summed E-state index contributed by atoms with van der Waals surface area (Å²) in [5.41, 5.74) is 0. The third-order valence-corrected chi connectivity index (χ3v) is 2.87. The van der Waals surface area contributed by atoms with Crippen molar-refractivity contribution in [3.8, 4) is 0 Å². The average molecular weight is 238 g/mol. The number of fused-ring (bicyclic) bond motifs is 1. The predicted molar refractivity (Wildman–Crippen MR) is 65.1 cm³/mol. The first-order chi connectivity index (χ1) is 7.57. The van der Waals surface area contributed by atoms with Crippen LogP contribution in [0.15, 0.2) is 47.4 Å². The van der Waals surface area contributed by atoms with Crippen LogP contribution < -0.4 is 0 Å². The quantitative estimate of drug-likeness (QED) is 0.777. The molecule has 0 saturated carbocycles. The van der Waals surface area contributed by atoms with E-state index >= 15 is 0 Å². The third kappa shape index (κ3) is 2.81. The Bertz CT molecular complexity index is 574. The highest BCUT2D eigenvalue weighted by Gasteiger charge is 2.08. The van der Waals surface area contributed by atoms with Crippen molar-refractivity contribution in [2.24, 2.45) is 0 Å². The molecule has 0 saturated heterocycles. The van der Waals surface area contributed by atoms with E-state index in [-0.39, 0.29) is 4.90 Å². The Balaban J connectivity index is 0.000000606. The van der Waals surface area contributed by atoms with Crippen molar-refractivity contribution in [1.29, 1.82) is 0 Å². The Morgan fingerprint density at radius 3 is 2.06 bits per heavy atom. The molecule has 2 aromatic carbocycles. The molecule has 4 heteroatoms. The molecule has 0 aromatic heterocycles. The lowest BCUT2D eigenvalue weighted by atomic mass is 10.1. The molecule has 0 aliphatic rings. The highest BCUT2D eigenvalue weighted by atomic mass is 32.2. The van der Waals surface area contributed by atoms with Gasteiger partial charge < -0.3 is 0 Å². The van der Waals surface area contributed by atoms with E-state index in [1.54, 1.807) is 12.1 Å². The summed E-state index contributed by atoms with van der Waals surface area (Å²) in [6.45, 7) is 4.00. The minimum atomic E-state index is -4.09. The molecular weight excluding hydrogens is 224 g/mol. The first kappa shape index (κ1) is 12.7. The van der Waals surface area contributed by atoms with Gasteiger partial charge in [0.25, 0.3) is 10.1 Å². The van der Waals surface area contributed by atoms with Crippen LogP contribution in [0, 0.1) is 0 Å². The van der Waals surface area contributed by atoms with Crippen LogP contribution in [0.2, 0.25) is 0 Å². The molecule has 2 aromatic rings. The van der Waals surface area contributed by atoms with Crippen LogP contribution in [0.25, 0.3) is 10.8 Å². The van der Waals surface area contributed by atoms with Crippen LogP contribution in [0.5, 0.6) is 0 Å². The van der Waals surface area contributed by atoms with E-state index in [9.17, 15) is 8.42 Å². The molecule has 0 bridgehead atoms. The van der Waals surface area contributed by atoms with Crippen LogP contribution in [-0.2, 0) is 10.1 Å². The van der Waals surface area contributed by atoms with E-state index < -0.39 is 10.1 Å². The van der Waals surface area contributed by atoms with Crippen LogP contribution in [0.4, 0.5) is 0 Å². The van der Waals surface area contributed by atoms with E-state index in [0.717, 1.165) is 10.8 Å². The van der Waals surface area contributed by atoms with Gasteiger partial charge in [0.2, 0.25) is 0 Å². The lowest BCUT2D eigenvalue weighted by Gasteiger charge is -1.99. The standard InChI is InChI=1S/C10H8O3S.C2H6/c11-14(12,13)10-6-5-8-3-1-2-4-9(8)7-10;1-2/h1-7H,(H,11,12,13);1-2H3. The zero-order chi connectivity index (χ0) is 12.2. The molecular formula is C12H14O3S. The molecule has 16 heavy (non-hydrogen) atoms. The van der Waals surface area contributed by atoms with Gasteiger partial charge in [0, 0.05) is 0 Å². The normalized spacial score (nSPS) is 10.7. The Hall–Kier alpha value is -1.39. The summed E-state index contributed by atoms with van der Waals surface area (Å²) >= 11 is 0. The van der Waals surface area contributed by atoms with Crippen LogP contribution in [0.1, 0.15) is 13.8 Å². The SMILES string of the molecule is CC.O=S(=O)(O)c1ccc2ccccc2c1. The van der Waals surface area contributed by atoms with Crippen molar-refractivity contribution in [2.75, 3.05) is 0 Å². The molecule has 0 aliphatic carbocycles. The van der Waals surface area contributed by atoms with Crippen LogP contribution >= 0.6 is 0 Å². The van der Waals surface area contributed by atoms with Gasteiger partial charge in [-0.1, -0.05) is 44.2 Å². The summed E-state index contributed by atoms with van der Waals surface area (Å²) in [7, 11) is -4.09. The maximum absolute atomic E-state index is 10.8. The van der Waals surface area contributed by atoms with Crippen molar-refractivity contribution in [3.63, 3.8) is 0 Å². The molecule has 3 nitrogen and oxygen atoms in total. The fourth-order valence-corrected chi connectivity index (χ4v) is 1.84. The van der Waals surface area contributed by atoms with Gasteiger partial charge in [-0.3, -0.25) is 4.55 Å². The Morgan fingerprint density at radius 1 is 0.938 bits per heavy atom. The van der Waals surface area contributed by atoms with Crippen molar-refractivity contribution in [2.45, 2.75) is 18.7 Å². The fourth-order valence-electron chi connectivity index (χ4n) is 1.33. The van der Waals surface area contributed by atoms with E-state index in [4.69, 9.17) is 4.55 Å². The Kier molecular flexibility index (Phi) is 4.04. The van der Waals surface area contributed by atoms with Gasteiger partial charge in [0.1, 0.15) is 0 Å². The Morgan fingerprint density at radius 2 is 1.50 bits per heavy atom. The molecule has 2 rings (SSSR count). The van der Waals surface area contributed by atoms with E-state index in [1.807, 2.05) is 32.0 Å². The predicted octanol–water partition coefficient (Wildman–Crippen LogP) is 3.11. The monoisotopic (exact) mass is 238 g/mol. The molecule has 0 heterocycles. The highest BCUT2D eigenvalue weighted by Crippen LogP contribution is 2.18. The van der Waals surface area contributed by atoms with Gasteiger partial charge in [-0.2, -0.15) is 8.42 Å². The van der Waals surface area contributed by atoms with Gasteiger partial charge in [-0.25, -0.2) is 0 Å². The molecule has 0 atom stereocenters. The zero-order valence-corrected chi connectivity index (χ0v) is 10.0. The minimum Gasteiger partial charge on any atom is -0.282 e. The number of hydrogen-bond donors (Lipinski definition) is 1. The maximum Gasteiger partial charge on any atom is 0.294 e. The van der Waals surface area contributed by atoms with Crippen molar-refractivity contribution in [1.82, 2.24) is 0 Å². The maximum atomic E-state index is 10.8. The van der Waals surface area contributed by atoms with Gasteiger partial charge in [0.15, 0.2) is 0 Å². The van der Waals surface area contributed by atoms with Crippen molar-refractivity contribution >= 4 is 20.9 Å². The molecule has 0 unspecified atom stereocenters. The minimum absolute atomic E-state index is 0.0730. The molecule has 0 amide bonds. The van der Waals surface area contributed by atoms with Gasteiger partial charge in [0.05, 0.1) is 4.90 Å². The molecule has 86 valence electrons. The van der Waals surface area contributed by atoms with Crippen molar-refractivity contribution < 1.29 is 13.0 Å². The van der Waals surface area contributed by atoms with Crippen molar-refractivity contribution in [3.05, 3.63) is 42.5 Å². The van der Waals surface area contributed by atoms with Crippen LogP contribution in [-0.4, -0.2) is 13.0 Å². The van der Waals surface area contributed by atoms with Gasteiger partial charge in [-0.15, -0.1) is 0 Å². The first-order valence-electron chi connectivity index (χ1n) is 5.04. The summed E-state index contributed by atoms with van der Waals surface area (Å²) in [5.74, 6) is 0. The topological polar surface area (TPSA) is 54.4 Å². The molecule has 0 spiro atoms. The molecule has 0 aliphatic heterocycles. The summed E-state index contributed by atoms with van der Waals surface area (Å²) in [6.07, 6.45) is 0. The second-order valence-electron chi connectivity index (χ2n) is 2.98. The summed E-state index contributed by atoms with van der Waals surface area (Å²) in [5, 5.41) is 1.74. The second kappa shape index (κ2) is 5.09. The van der Waals surface area contributed by atoms with Gasteiger partial charge in [-0.05, 0) is 22.9 Å². The van der Waals surface area contributed by atoms with E-state index in [1.165, 1.54) is 12.1 Å². The second-order valence-corrected chi connectivity index (χ2v) is 4.41. The smallest absolute Gasteiger partial charge is 0.282 e. The zero-order valence-electron chi connectivity index (χ0n) is 9.21. The molecule has 0 radical (unpaired) electrons.